The highest BCUT2D eigenvalue weighted by atomic mass is 32.1. The first kappa shape index (κ1) is 28.0. The number of carbonyl (C=O) groups is 3. The molecule has 8 heteroatoms. The van der Waals surface area contributed by atoms with E-state index in [0.717, 1.165) is 30.4 Å². The van der Waals surface area contributed by atoms with Gasteiger partial charge >= 0.3 is 6.09 Å². The van der Waals surface area contributed by atoms with Gasteiger partial charge in [-0.25, -0.2) is 4.79 Å². The van der Waals surface area contributed by atoms with Gasteiger partial charge in [0.15, 0.2) is 0 Å². The summed E-state index contributed by atoms with van der Waals surface area (Å²) >= 11 is 4.34. The van der Waals surface area contributed by atoms with Gasteiger partial charge in [-0.2, -0.15) is 12.6 Å². The molecule has 190 valence electrons. The van der Waals surface area contributed by atoms with E-state index in [-0.39, 0.29) is 35.6 Å². The zero-order valence-electron chi connectivity index (χ0n) is 21.6. The number of aryl methyl sites for hydroxylation is 1. The number of alkyl carbamates (subject to hydrolysis) is 1. The van der Waals surface area contributed by atoms with Crippen molar-refractivity contribution in [3.8, 4) is 0 Å². The van der Waals surface area contributed by atoms with E-state index >= 15 is 0 Å². The number of thiol groups is 1. The summed E-state index contributed by atoms with van der Waals surface area (Å²) in [5, 5.41) is 5.75. The Kier molecular flexibility index (Phi) is 9.85. The SMILES string of the molecule is CCCC(C)NC(=O)C(c1cccc(C)c1)N(C(=O)C(CS)NC(=O)OC(C)(C)C)C1CC1C. The molecular formula is C26H41N3O4S. The third-order valence-electron chi connectivity index (χ3n) is 5.85. The molecule has 2 N–H and O–H groups in total. The van der Waals surface area contributed by atoms with Crippen LogP contribution in [-0.4, -0.2) is 52.3 Å². The summed E-state index contributed by atoms with van der Waals surface area (Å²) in [6, 6.07) is 5.86. The number of carbonyl (C=O) groups excluding carboxylic acids is 3. The highest BCUT2D eigenvalue weighted by Gasteiger charge is 2.48. The van der Waals surface area contributed by atoms with Crippen LogP contribution >= 0.6 is 12.6 Å². The second-order valence-electron chi connectivity index (χ2n) is 10.4. The van der Waals surface area contributed by atoms with Crippen molar-refractivity contribution in [3.05, 3.63) is 35.4 Å². The maximum atomic E-state index is 13.8. The highest BCUT2D eigenvalue weighted by molar-refractivity contribution is 7.80. The Morgan fingerprint density at radius 1 is 1.24 bits per heavy atom. The molecule has 1 saturated carbocycles. The third-order valence-corrected chi connectivity index (χ3v) is 6.21. The second-order valence-corrected chi connectivity index (χ2v) is 10.8. The monoisotopic (exact) mass is 491 g/mol. The molecule has 0 radical (unpaired) electrons. The molecule has 0 aliphatic heterocycles. The first-order valence-corrected chi connectivity index (χ1v) is 12.8. The van der Waals surface area contributed by atoms with Crippen LogP contribution in [-0.2, 0) is 14.3 Å². The lowest BCUT2D eigenvalue weighted by molar-refractivity contribution is -0.143. The van der Waals surface area contributed by atoms with Crippen LogP contribution in [0.5, 0.6) is 0 Å². The van der Waals surface area contributed by atoms with Crippen molar-refractivity contribution in [1.29, 1.82) is 0 Å². The Labute approximate surface area is 209 Å². The summed E-state index contributed by atoms with van der Waals surface area (Å²) in [5.74, 6) is -0.197. The zero-order chi connectivity index (χ0) is 25.6. The van der Waals surface area contributed by atoms with Crippen LogP contribution in [0.4, 0.5) is 4.79 Å². The fourth-order valence-electron chi connectivity index (χ4n) is 4.09. The number of ether oxygens (including phenoxy) is 1. The predicted molar refractivity (Wildman–Crippen MR) is 138 cm³/mol. The molecule has 0 spiro atoms. The van der Waals surface area contributed by atoms with Crippen molar-refractivity contribution >= 4 is 30.5 Å². The van der Waals surface area contributed by atoms with Gasteiger partial charge in [-0.1, -0.05) is 50.1 Å². The minimum Gasteiger partial charge on any atom is -0.444 e. The minimum atomic E-state index is -0.917. The number of amides is 3. The standard InChI is InChI=1S/C26H41N3O4S/c1-8-10-18(4)27-23(30)22(19-12-9-11-16(2)13-19)29(21-14-17(21)3)24(31)20(15-34)28-25(32)33-26(5,6)7/h9,11-13,17-18,20-22,34H,8,10,14-15H2,1-7H3,(H,27,30)(H,28,32). The van der Waals surface area contributed by atoms with E-state index in [0.29, 0.717) is 0 Å². The molecule has 5 unspecified atom stereocenters. The molecule has 3 amide bonds. The molecule has 1 aromatic carbocycles. The molecule has 0 aromatic heterocycles. The Balaban J connectivity index is 2.42. The summed E-state index contributed by atoms with van der Waals surface area (Å²) in [6.45, 7) is 13.4. The first-order chi connectivity index (χ1) is 15.9. The van der Waals surface area contributed by atoms with Gasteiger partial charge in [-0.3, -0.25) is 9.59 Å². The first-order valence-electron chi connectivity index (χ1n) is 12.2. The molecular weight excluding hydrogens is 450 g/mol. The summed E-state index contributed by atoms with van der Waals surface area (Å²) in [4.78, 5) is 41.5. The van der Waals surface area contributed by atoms with Crippen molar-refractivity contribution in [2.45, 2.75) is 97.5 Å². The number of hydrogen-bond donors (Lipinski definition) is 3. The third kappa shape index (κ3) is 7.93. The fraction of sp³-hybridized carbons (Fsp3) is 0.654. The summed E-state index contributed by atoms with van der Waals surface area (Å²) in [5.41, 5.74) is 1.06. The quantitative estimate of drug-likeness (QED) is 0.423. The van der Waals surface area contributed by atoms with E-state index < -0.39 is 23.8 Å². The van der Waals surface area contributed by atoms with E-state index in [2.05, 4.69) is 37.1 Å². The predicted octanol–water partition coefficient (Wildman–Crippen LogP) is 4.40. The minimum absolute atomic E-state index is 0.0149. The summed E-state index contributed by atoms with van der Waals surface area (Å²) in [6.07, 6.45) is 1.91. The molecule has 2 rings (SSSR count). The lowest BCUT2D eigenvalue weighted by Crippen LogP contribution is -2.55. The van der Waals surface area contributed by atoms with Gasteiger partial charge in [0.05, 0.1) is 0 Å². The molecule has 1 aromatic rings. The van der Waals surface area contributed by atoms with Crippen molar-refractivity contribution in [1.82, 2.24) is 15.5 Å². The zero-order valence-corrected chi connectivity index (χ0v) is 22.4. The number of benzene rings is 1. The lowest BCUT2D eigenvalue weighted by Gasteiger charge is -2.35. The normalized spacial score (nSPS) is 20.0. The van der Waals surface area contributed by atoms with Crippen molar-refractivity contribution in [2.75, 3.05) is 5.75 Å². The average molecular weight is 492 g/mol. The number of hydrogen-bond acceptors (Lipinski definition) is 5. The molecule has 1 fully saturated rings. The number of nitrogens with one attached hydrogen (secondary N) is 2. The molecule has 1 aliphatic carbocycles. The molecule has 34 heavy (non-hydrogen) atoms. The van der Waals surface area contributed by atoms with E-state index in [9.17, 15) is 14.4 Å². The van der Waals surface area contributed by atoms with E-state index in [4.69, 9.17) is 4.74 Å². The van der Waals surface area contributed by atoms with Gasteiger partial charge in [-0.15, -0.1) is 0 Å². The maximum absolute atomic E-state index is 13.8. The molecule has 1 aliphatic rings. The largest absolute Gasteiger partial charge is 0.444 e. The average Bonchev–Trinajstić information content (AvgIpc) is 3.44. The van der Waals surface area contributed by atoms with Crippen LogP contribution in [0.3, 0.4) is 0 Å². The highest BCUT2D eigenvalue weighted by Crippen LogP contribution is 2.41. The lowest BCUT2D eigenvalue weighted by atomic mass is 10.00. The Bertz CT molecular complexity index is 870. The Morgan fingerprint density at radius 2 is 1.88 bits per heavy atom. The Morgan fingerprint density at radius 3 is 2.38 bits per heavy atom. The van der Waals surface area contributed by atoms with Gasteiger partial charge in [0.1, 0.15) is 17.7 Å². The molecule has 0 saturated heterocycles. The summed E-state index contributed by atoms with van der Waals surface area (Å²) in [7, 11) is 0. The molecule has 5 atom stereocenters. The van der Waals surface area contributed by atoms with Crippen LogP contribution in [0.1, 0.15) is 78.0 Å². The fourth-order valence-corrected chi connectivity index (χ4v) is 4.34. The van der Waals surface area contributed by atoms with Crippen LogP contribution in [0.2, 0.25) is 0 Å². The Hall–Kier alpha value is -2.22. The summed E-state index contributed by atoms with van der Waals surface area (Å²) < 4.78 is 5.35. The van der Waals surface area contributed by atoms with Gasteiger partial charge in [-0.05, 0) is 58.9 Å². The molecule has 0 heterocycles. The maximum Gasteiger partial charge on any atom is 0.408 e. The number of rotatable bonds is 10. The number of nitrogens with zero attached hydrogens (tertiary/aromatic N) is 1. The smallest absolute Gasteiger partial charge is 0.408 e. The topological polar surface area (TPSA) is 87.7 Å². The second kappa shape index (κ2) is 12.0. The molecule has 0 bridgehead atoms. The van der Waals surface area contributed by atoms with Crippen LogP contribution in [0.25, 0.3) is 0 Å². The van der Waals surface area contributed by atoms with E-state index in [1.165, 1.54) is 0 Å². The van der Waals surface area contributed by atoms with Crippen LogP contribution < -0.4 is 10.6 Å². The van der Waals surface area contributed by atoms with E-state index in [1.54, 1.807) is 25.7 Å². The van der Waals surface area contributed by atoms with E-state index in [1.807, 2.05) is 38.1 Å². The van der Waals surface area contributed by atoms with Gasteiger partial charge in [0, 0.05) is 17.8 Å². The van der Waals surface area contributed by atoms with Gasteiger partial charge in [0.25, 0.3) is 0 Å². The van der Waals surface area contributed by atoms with Gasteiger partial charge in [0.2, 0.25) is 11.8 Å². The van der Waals surface area contributed by atoms with Crippen molar-refractivity contribution in [3.63, 3.8) is 0 Å². The van der Waals surface area contributed by atoms with Gasteiger partial charge < -0.3 is 20.3 Å². The van der Waals surface area contributed by atoms with Crippen molar-refractivity contribution < 1.29 is 19.1 Å². The molecule has 7 nitrogen and oxygen atoms in total. The van der Waals surface area contributed by atoms with Crippen LogP contribution in [0.15, 0.2) is 24.3 Å². The van der Waals surface area contributed by atoms with Crippen LogP contribution in [0, 0.1) is 12.8 Å². The van der Waals surface area contributed by atoms with Crippen molar-refractivity contribution in [2.24, 2.45) is 5.92 Å².